The second-order valence-corrected chi connectivity index (χ2v) is 4.44. The monoisotopic (exact) mass is 219 g/mol. The van der Waals surface area contributed by atoms with Crippen molar-refractivity contribution in [3.05, 3.63) is 24.0 Å². The lowest BCUT2D eigenvalue weighted by Gasteiger charge is -2.25. The van der Waals surface area contributed by atoms with Gasteiger partial charge in [-0.15, -0.1) is 0 Å². The zero-order valence-electron chi connectivity index (χ0n) is 9.23. The lowest BCUT2D eigenvalue weighted by Crippen LogP contribution is -2.30. The van der Waals surface area contributed by atoms with Crippen LogP contribution in [-0.4, -0.2) is 16.8 Å². The molecule has 4 N–H and O–H groups in total. The quantitative estimate of drug-likeness (QED) is 0.736. The number of carbonyl (C=O) groups excluding carboxylic acids is 1. The second kappa shape index (κ2) is 4.61. The number of anilines is 1. The number of pyridine rings is 1. The topological polar surface area (TPSA) is 82.0 Å². The van der Waals surface area contributed by atoms with Gasteiger partial charge in [0.25, 0.3) is 0 Å². The van der Waals surface area contributed by atoms with Gasteiger partial charge in [0.15, 0.2) is 5.78 Å². The molecule has 1 aromatic heterocycles. The number of hydrogen-bond donors (Lipinski definition) is 2. The van der Waals surface area contributed by atoms with Crippen LogP contribution in [-0.2, 0) is 0 Å². The van der Waals surface area contributed by atoms with Crippen molar-refractivity contribution in [2.75, 3.05) is 5.73 Å². The Morgan fingerprint density at radius 1 is 1.31 bits per heavy atom. The summed E-state index contributed by atoms with van der Waals surface area (Å²) in [6, 6.07) is 1.93. The highest BCUT2D eigenvalue weighted by Crippen LogP contribution is 2.27. The Bertz CT molecular complexity index is 384. The van der Waals surface area contributed by atoms with Gasteiger partial charge in [-0.3, -0.25) is 9.78 Å². The molecule has 86 valence electrons. The summed E-state index contributed by atoms with van der Waals surface area (Å²) >= 11 is 0. The molecule has 1 aromatic rings. The van der Waals surface area contributed by atoms with Crippen LogP contribution in [0.25, 0.3) is 0 Å². The maximum absolute atomic E-state index is 12.2. The van der Waals surface area contributed by atoms with Crippen molar-refractivity contribution in [3.8, 4) is 0 Å². The van der Waals surface area contributed by atoms with Crippen molar-refractivity contribution in [1.29, 1.82) is 0 Å². The first-order chi connectivity index (χ1) is 7.68. The molecule has 4 heteroatoms. The van der Waals surface area contributed by atoms with E-state index in [0.717, 1.165) is 25.7 Å². The molecule has 0 unspecified atom stereocenters. The molecule has 1 fully saturated rings. The van der Waals surface area contributed by atoms with E-state index in [2.05, 4.69) is 4.98 Å². The molecule has 0 saturated heterocycles. The summed E-state index contributed by atoms with van der Waals surface area (Å²) in [4.78, 5) is 16.1. The normalized spacial score (nSPS) is 25.3. The molecule has 1 saturated carbocycles. The standard InChI is InChI=1S/C12H17N3O/c13-9-3-1-8(2-4-9)12(16)10-7-15-6-5-11(10)14/h5-9H,1-4,13H2,(H2,14,15). The van der Waals surface area contributed by atoms with Crippen LogP contribution in [0.1, 0.15) is 36.0 Å². The van der Waals surface area contributed by atoms with Crippen LogP contribution in [0.15, 0.2) is 18.5 Å². The van der Waals surface area contributed by atoms with Crippen molar-refractivity contribution in [2.24, 2.45) is 11.7 Å². The van der Waals surface area contributed by atoms with Gasteiger partial charge < -0.3 is 11.5 Å². The van der Waals surface area contributed by atoms with Crippen molar-refractivity contribution >= 4 is 11.5 Å². The number of nitrogen functional groups attached to an aromatic ring is 1. The van der Waals surface area contributed by atoms with Gasteiger partial charge in [0.05, 0.1) is 5.56 Å². The average Bonchev–Trinajstić information content (AvgIpc) is 2.30. The Hall–Kier alpha value is -1.42. The smallest absolute Gasteiger partial charge is 0.169 e. The molecular formula is C12H17N3O. The summed E-state index contributed by atoms with van der Waals surface area (Å²) in [6.07, 6.45) is 6.75. The number of Topliss-reactive ketones (excluding diaryl/α,β-unsaturated/α-hetero) is 1. The van der Waals surface area contributed by atoms with E-state index in [1.54, 1.807) is 18.5 Å². The van der Waals surface area contributed by atoms with Crippen molar-refractivity contribution < 1.29 is 4.79 Å². The Morgan fingerprint density at radius 3 is 2.62 bits per heavy atom. The second-order valence-electron chi connectivity index (χ2n) is 4.44. The molecule has 0 aromatic carbocycles. The molecule has 4 nitrogen and oxygen atoms in total. The Balaban J connectivity index is 2.11. The molecule has 0 atom stereocenters. The van der Waals surface area contributed by atoms with E-state index in [4.69, 9.17) is 11.5 Å². The van der Waals surface area contributed by atoms with E-state index >= 15 is 0 Å². The number of nitrogens with two attached hydrogens (primary N) is 2. The van der Waals surface area contributed by atoms with Crippen LogP contribution in [0, 0.1) is 5.92 Å². The van der Waals surface area contributed by atoms with E-state index in [0.29, 0.717) is 11.3 Å². The summed E-state index contributed by atoms with van der Waals surface area (Å²) < 4.78 is 0. The Morgan fingerprint density at radius 2 is 2.00 bits per heavy atom. The maximum Gasteiger partial charge on any atom is 0.169 e. The third kappa shape index (κ3) is 2.22. The minimum Gasteiger partial charge on any atom is -0.398 e. The molecule has 1 heterocycles. The lowest BCUT2D eigenvalue weighted by atomic mass is 9.82. The van der Waals surface area contributed by atoms with Gasteiger partial charge >= 0.3 is 0 Å². The van der Waals surface area contributed by atoms with Gasteiger partial charge in [0, 0.05) is 30.0 Å². The van der Waals surface area contributed by atoms with Gasteiger partial charge in [-0.05, 0) is 31.7 Å². The molecule has 0 bridgehead atoms. The van der Waals surface area contributed by atoms with Crippen molar-refractivity contribution in [1.82, 2.24) is 4.98 Å². The molecule has 0 aliphatic heterocycles. The number of carbonyl (C=O) groups is 1. The summed E-state index contributed by atoms with van der Waals surface area (Å²) in [5.41, 5.74) is 12.7. The van der Waals surface area contributed by atoms with Gasteiger partial charge in [0.1, 0.15) is 0 Å². The first-order valence-corrected chi connectivity index (χ1v) is 5.67. The zero-order chi connectivity index (χ0) is 11.5. The van der Waals surface area contributed by atoms with Crippen LogP contribution < -0.4 is 11.5 Å². The summed E-state index contributed by atoms with van der Waals surface area (Å²) in [5, 5.41) is 0. The lowest BCUT2D eigenvalue weighted by molar-refractivity contribution is 0.0885. The minimum atomic E-state index is 0.0753. The highest BCUT2D eigenvalue weighted by atomic mass is 16.1. The minimum absolute atomic E-state index is 0.0753. The highest BCUT2D eigenvalue weighted by Gasteiger charge is 2.26. The van der Waals surface area contributed by atoms with Crippen LogP contribution in [0.3, 0.4) is 0 Å². The van der Waals surface area contributed by atoms with Gasteiger partial charge in [-0.1, -0.05) is 0 Å². The molecule has 1 aliphatic rings. The van der Waals surface area contributed by atoms with Crippen LogP contribution in [0.4, 0.5) is 5.69 Å². The number of aromatic nitrogens is 1. The number of rotatable bonds is 2. The molecule has 16 heavy (non-hydrogen) atoms. The fraction of sp³-hybridized carbons (Fsp3) is 0.500. The largest absolute Gasteiger partial charge is 0.398 e. The molecule has 2 rings (SSSR count). The van der Waals surface area contributed by atoms with Gasteiger partial charge in [0.2, 0.25) is 0 Å². The van der Waals surface area contributed by atoms with Crippen LogP contribution >= 0.6 is 0 Å². The van der Waals surface area contributed by atoms with E-state index in [9.17, 15) is 4.79 Å². The molecular weight excluding hydrogens is 202 g/mol. The Labute approximate surface area is 95.0 Å². The van der Waals surface area contributed by atoms with E-state index in [1.165, 1.54) is 0 Å². The molecule has 0 radical (unpaired) electrons. The van der Waals surface area contributed by atoms with Crippen molar-refractivity contribution in [2.45, 2.75) is 31.7 Å². The summed E-state index contributed by atoms with van der Waals surface area (Å²) in [7, 11) is 0. The maximum atomic E-state index is 12.2. The SMILES string of the molecule is Nc1ccncc1C(=O)C1CCC(N)CC1. The van der Waals surface area contributed by atoms with Gasteiger partial charge in [-0.2, -0.15) is 0 Å². The molecule has 0 spiro atoms. The average molecular weight is 219 g/mol. The molecule has 1 aliphatic carbocycles. The first kappa shape index (κ1) is 11.1. The third-order valence-corrected chi connectivity index (χ3v) is 3.26. The van der Waals surface area contributed by atoms with Crippen molar-refractivity contribution in [3.63, 3.8) is 0 Å². The fourth-order valence-electron chi connectivity index (χ4n) is 2.21. The Kier molecular flexibility index (Phi) is 3.19. The summed E-state index contributed by atoms with van der Waals surface area (Å²) in [5.74, 6) is 0.198. The van der Waals surface area contributed by atoms with E-state index in [-0.39, 0.29) is 17.7 Å². The highest BCUT2D eigenvalue weighted by molar-refractivity contribution is 6.01. The van der Waals surface area contributed by atoms with Gasteiger partial charge in [-0.25, -0.2) is 0 Å². The fourth-order valence-corrected chi connectivity index (χ4v) is 2.21. The molecule has 0 amide bonds. The predicted molar refractivity (Wildman–Crippen MR) is 62.9 cm³/mol. The number of hydrogen-bond acceptors (Lipinski definition) is 4. The third-order valence-electron chi connectivity index (χ3n) is 3.26. The summed E-state index contributed by atoms with van der Waals surface area (Å²) in [6.45, 7) is 0. The van der Waals surface area contributed by atoms with E-state index < -0.39 is 0 Å². The zero-order valence-corrected chi connectivity index (χ0v) is 9.23. The number of ketones is 1. The van der Waals surface area contributed by atoms with E-state index in [1.807, 2.05) is 0 Å². The first-order valence-electron chi connectivity index (χ1n) is 5.67. The van der Waals surface area contributed by atoms with Crippen LogP contribution in [0.5, 0.6) is 0 Å². The predicted octanol–water partition coefficient (Wildman–Crippen LogP) is 1.36. The number of nitrogens with zero attached hydrogens (tertiary/aromatic N) is 1. The van der Waals surface area contributed by atoms with Crippen LogP contribution in [0.2, 0.25) is 0 Å².